The summed E-state index contributed by atoms with van der Waals surface area (Å²) in [5.41, 5.74) is 2.88. The number of aryl methyl sites for hydroxylation is 1. The number of anilines is 1. The molecule has 0 bridgehead atoms. The highest BCUT2D eigenvalue weighted by Crippen LogP contribution is 2.30. The second kappa shape index (κ2) is 5.48. The van der Waals surface area contributed by atoms with Crippen LogP contribution >= 0.6 is 11.8 Å². The van der Waals surface area contributed by atoms with E-state index in [0.29, 0.717) is 0 Å². The predicted molar refractivity (Wildman–Crippen MR) is 79.2 cm³/mol. The van der Waals surface area contributed by atoms with Gasteiger partial charge >= 0.3 is 5.97 Å². The average Bonchev–Trinajstić information content (AvgIpc) is 2.35. The number of benzene rings is 1. The van der Waals surface area contributed by atoms with Gasteiger partial charge in [0.25, 0.3) is 0 Å². The first kappa shape index (κ1) is 13.7. The fraction of sp³-hybridized carbons (Fsp3) is 0.286. The number of carboxylic acids is 1. The van der Waals surface area contributed by atoms with Crippen LogP contribution in [0.1, 0.15) is 5.69 Å². The predicted octanol–water partition coefficient (Wildman–Crippen LogP) is 2.79. The number of carbonyl (C=O) groups is 1. The third-order valence-corrected chi connectivity index (χ3v) is 3.79. The van der Waals surface area contributed by atoms with Gasteiger partial charge in [0.1, 0.15) is 0 Å². The van der Waals surface area contributed by atoms with E-state index < -0.39 is 5.97 Å². The number of rotatable bonds is 4. The van der Waals surface area contributed by atoms with Gasteiger partial charge in [0, 0.05) is 35.8 Å². The van der Waals surface area contributed by atoms with Crippen LogP contribution in [0.4, 0.5) is 5.69 Å². The van der Waals surface area contributed by atoms with Crippen LogP contribution in [-0.4, -0.2) is 35.9 Å². The fourth-order valence-corrected chi connectivity index (χ4v) is 2.70. The smallest absolute Gasteiger partial charge is 0.313 e. The van der Waals surface area contributed by atoms with Crippen LogP contribution in [0.2, 0.25) is 0 Å². The molecular formula is C14H16N2O2S. The number of aromatic nitrogens is 1. The summed E-state index contributed by atoms with van der Waals surface area (Å²) in [6.45, 7) is 1.92. The van der Waals surface area contributed by atoms with Crippen LogP contribution in [0.3, 0.4) is 0 Å². The molecule has 0 atom stereocenters. The maximum Gasteiger partial charge on any atom is 0.313 e. The molecule has 1 aromatic carbocycles. The van der Waals surface area contributed by atoms with Crippen LogP contribution in [-0.2, 0) is 4.79 Å². The maximum atomic E-state index is 10.7. The van der Waals surface area contributed by atoms with Crippen molar-refractivity contribution in [3.8, 4) is 0 Å². The Labute approximate surface area is 116 Å². The molecule has 0 saturated heterocycles. The third-order valence-electron chi connectivity index (χ3n) is 2.75. The van der Waals surface area contributed by atoms with Crippen molar-refractivity contribution in [3.05, 3.63) is 30.0 Å². The lowest BCUT2D eigenvalue weighted by molar-refractivity contribution is -0.133. The van der Waals surface area contributed by atoms with Crippen molar-refractivity contribution in [1.29, 1.82) is 0 Å². The molecule has 0 saturated carbocycles. The molecule has 0 aliphatic rings. The summed E-state index contributed by atoms with van der Waals surface area (Å²) in [5.74, 6) is -0.749. The van der Waals surface area contributed by atoms with Gasteiger partial charge in [-0.25, -0.2) is 0 Å². The molecule has 0 radical (unpaired) electrons. The minimum atomic E-state index is -0.809. The lowest BCUT2D eigenvalue weighted by Crippen LogP contribution is -2.08. The van der Waals surface area contributed by atoms with Crippen LogP contribution in [0, 0.1) is 6.92 Å². The normalized spacial score (nSPS) is 10.7. The first-order valence-corrected chi connectivity index (χ1v) is 6.89. The van der Waals surface area contributed by atoms with Gasteiger partial charge in [-0.15, -0.1) is 11.8 Å². The van der Waals surface area contributed by atoms with Gasteiger partial charge in [0.2, 0.25) is 0 Å². The van der Waals surface area contributed by atoms with E-state index in [1.807, 2.05) is 50.2 Å². The molecule has 0 spiro atoms. The minimum absolute atomic E-state index is 0.0603. The Morgan fingerprint density at radius 3 is 2.74 bits per heavy atom. The monoisotopic (exact) mass is 276 g/mol. The molecule has 19 heavy (non-hydrogen) atoms. The zero-order chi connectivity index (χ0) is 14.0. The Hall–Kier alpha value is -1.75. The van der Waals surface area contributed by atoms with Gasteiger partial charge in [0.05, 0.1) is 11.3 Å². The van der Waals surface area contributed by atoms with E-state index in [-0.39, 0.29) is 5.75 Å². The third kappa shape index (κ3) is 3.17. The minimum Gasteiger partial charge on any atom is -0.481 e. The van der Waals surface area contributed by atoms with Crippen molar-refractivity contribution >= 4 is 34.3 Å². The molecule has 0 aliphatic carbocycles. The lowest BCUT2D eigenvalue weighted by atomic mass is 10.1. The Balaban J connectivity index is 2.52. The summed E-state index contributed by atoms with van der Waals surface area (Å²) in [7, 11) is 3.96. The Morgan fingerprint density at radius 1 is 1.37 bits per heavy atom. The highest BCUT2D eigenvalue weighted by atomic mass is 32.2. The molecule has 1 N–H and O–H groups in total. The number of nitrogens with zero attached hydrogens (tertiary/aromatic N) is 2. The number of thioether (sulfide) groups is 1. The van der Waals surface area contributed by atoms with Gasteiger partial charge in [-0.05, 0) is 31.2 Å². The number of aliphatic carboxylic acids is 1. The standard InChI is InChI=1S/C14H16N2O2S/c1-9-6-13(19-8-14(17)18)11-7-10(16(2)3)4-5-12(11)15-9/h4-7H,8H2,1-3H3,(H,17,18). The van der Waals surface area contributed by atoms with Crippen molar-refractivity contribution in [2.75, 3.05) is 24.7 Å². The van der Waals surface area contributed by atoms with Gasteiger partial charge in [-0.2, -0.15) is 0 Å². The van der Waals surface area contributed by atoms with E-state index in [0.717, 1.165) is 27.2 Å². The second-order valence-corrected chi connectivity index (χ2v) is 5.56. The van der Waals surface area contributed by atoms with Gasteiger partial charge in [0.15, 0.2) is 0 Å². The van der Waals surface area contributed by atoms with Crippen molar-refractivity contribution < 1.29 is 9.90 Å². The molecule has 0 unspecified atom stereocenters. The number of fused-ring (bicyclic) bond motifs is 1. The van der Waals surface area contributed by atoms with Crippen LogP contribution in [0.25, 0.3) is 10.9 Å². The van der Waals surface area contributed by atoms with Crippen molar-refractivity contribution in [1.82, 2.24) is 4.98 Å². The summed E-state index contributed by atoms with van der Waals surface area (Å²) >= 11 is 1.33. The molecule has 0 fully saturated rings. The first-order valence-electron chi connectivity index (χ1n) is 5.90. The van der Waals surface area contributed by atoms with E-state index >= 15 is 0 Å². The number of carboxylic acid groups (broad SMARTS) is 1. The Bertz CT molecular complexity index is 626. The summed E-state index contributed by atoms with van der Waals surface area (Å²) in [4.78, 5) is 18.2. The molecule has 2 rings (SSSR count). The van der Waals surface area contributed by atoms with Gasteiger partial charge in [-0.3, -0.25) is 9.78 Å². The first-order chi connectivity index (χ1) is 8.97. The molecule has 5 heteroatoms. The van der Waals surface area contributed by atoms with Crippen molar-refractivity contribution in [3.63, 3.8) is 0 Å². The average molecular weight is 276 g/mol. The molecule has 1 heterocycles. The number of hydrogen-bond donors (Lipinski definition) is 1. The summed E-state index contributed by atoms with van der Waals surface area (Å²) in [6.07, 6.45) is 0. The van der Waals surface area contributed by atoms with Crippen LogP contribution in [0.15, 0.2) is 29.2 Å². The zero-order valence-corrected chi connectivity index (χ0v) is 12.0. The Morgan fingerprint density at radius 2 is 2.11 bits per heavy atom. The van der Waals surface area contributed by atoms with E-state index in [1.54, 1.807) is 0 Å². The summed E-state index contributed by atoms with van der Waals surface area (Å²) < 4.78 is 0. The van der Waals surface area contributed by atoms with Crippen molar-refractivity contribution in [2.24, 2.45) is 0 Å². The molecule has 0 aliphatic heterocycles. The van der Waals surface area contributed by atoms with Crippen molar-refractivity contribution in [2.45, 2.75) is 11.8 Å². The van der Waals surface area contributed by atoms with Gasteiger partial charge < -0.3 is 10.0 Å². The highest BCUT2D eigenvalue weighted by molar-refractivity contribution is 8.00. The highest BCUT2D eigenvalue weighted by Gasteiger charge is 2.08. The molecule has 0 amide bonds. The molecule has 1 aromatic heterocycles. The van der Waals surface area contributed by atoms with E-state index in [4.69, 9.17) is 5.11 Å². The molecular weight excluding hydrogens is 260 g/mol. The van der Waals surface area contributed by atoms with E-state index in [9.17, 15) is 4.79 Å². The van der Waals surface area contributed by atoms with Crippen LogP contribution < -0.4 is 4.90 Å². The molecule has 4 nitrogen and oxygen atoms in total. The summed E-state index contributed by atoms with van der Waals surface area (Å²) in [6, 6.07) is 7.98. The zero-order valence-electron chi connectivity index (χ0n) is 11.2. The number of hydrogen-bond acceptors (Lipinski definition) is 4. The lowest BCUT2D eigenvalue weighted by Gasteiger charge is -2.14. The van der Waals surface area contributed by atoms with Crippen LogP contribution in [0.5, 0.6) is 0 Å². The SMILES string of the molecule is Cc1cc(SCC(=O)O)c2cc(N(C)C)ccc2n1. The van der Waals surface area contributed by atoms with E-state index in [2.05, 4.69) is 4.98 Å². The second-order valence-electron chi connectivity index (χ2n) is 4.54. The number of pyridine rings is 1. The largest absolute Gasteiger partial charge is 0.481 e. The maximum absolute atomic E-state index is 10.7. The van der Waals surface area contributed by atoms with Gasteiger partial charge in [-0.1, -0.05) is 0 Å². The quantitative estimate of drug-likeness (QED) is 0.870. The topological polar surface area (TPSA) is 53.4 Å². The van der Waals surface area contributed by atoms with E-state index in [1.165, 1.54) is 11.8 Å². The summed E-state index contributed by atoms with van der Waals surface area (Å²) in [5, 5.41) is 9.82. The molecule has 2 aromatic rings. The Kier molecular flexibility index (Phi) is 3.95. The molecule has 100 valence electrons. The fourth-order valence-electron chi connectivity index (χ4n) is 1.85.